The number of phenolic OH excluding ortho intramolecular Hbond substituents is 1. The van der Waals surface area contributed by atoms with Crippen LogP contribution in [0.2, 0.25) is 5.02 Å². The lowest BCUT2D eigenvalue weighted by atomic mass is 10.1. The maximum atomic E-state index is 10.0. The second kappa shape index (κ2) is 6.65. The lowest BCUT2D eigenvalue weighted by molar-refractivity contribution is 0.480. The molecule has 0 spiro atoms. The molecule has 0 heterocycles. The van der Waals surface area contributed by atoms with Crippen LogP contribution in [0.4, 0.5) is 11.4 Å². The molecule has 0 bridgehead atoms. The van der Waals surface area contributed by atoms with Crippen molar-refractivity contribution in [3.8, 4) is 5.75 Å². The molecule has 0 aliphatic rings. The highest BCUT2D eigenvalue weighted by Crippen LogP contribution is 2.37. The molecule has 4 nitrogen and oxygen atoms in total. The van der Waals surface area contributed by atoms with Gasteiger partial charge in [-0.3, -0.25) is 0 Å². The van der Waals surface area contributed by atoms with Crippen molar-refractivity contribution < 1.29 is 5.11 Å². The number of aromatic hydroxyl groups is 1. The van der Waals surface area contributed by atoms with Gasteiger partial charge in [0, 0.05) is 11.6 Å². The Kier molecular flexibility index (Phi) is 4.88. The minimum absolute atomic E-state index is 0.0549. The van der Waals surface area contributed by atoms with Crippen molar-refractivity contribution in [1.82, 2.24) is 5.32 Å². The molecule has 0 saturated carbocycles. The Morgan fingerprint density at radius 2 is 2.00 bits per heavy atom. The first-order valence-electron chi connectivity index (χ1n) is 6.35. The highest BCUT2D eigenvalue weighted by molar-refractivity contribution is 7.80. The minimum atomic E-state index is -0.0549. The number of nitrogen functional groups attached to an aromatic ring is 1. The van der Waals surface area contributed by atoms with Crippen molar-refractivity contribution in [2.24, 2.45) is 0 Å². The molecule has 21 heavy (non-hydrogen) atoms. The van der Waals surface area contributed by atoms with Crippen LogP contribution in [-0.4, -0.2) is 10.2 Å². The van der Waals surface area contributed by atoms with Crippen LogP contribution in [0.3, 0.4) is 0 Å². The number of thiocarbonyl (C=S) groups is 1. The summed E-state index contributed by atoms with van der Waals surface area (Å²) in [4.78, 5) is 0. The van der Waals surface area contributed by atoms with Crippen molar-refractivity contribution in [1.29, 1.82) is 0 Å². The molecule has 6 heteroatoms. The summed E-state index contributed by atoms with van der Waals surface area (Å²) in [5, 5.41) is 16.8. The monoisotopic (exact) mass is 321 g/mol. The summed E-state index contributed by atoms with van der Waals surface area (Å²) in [6.45, 7) is 2.33. The molecule has 2 rings (SSSR count). The van der Waals surface area contributed by atoms with Gasteiger partial charge >= 0.3 is 0 Å². The molecule has 0 radical (unpaired) electrons. The lowest BCUT2D eigenvalue weighted by Gasteiger charge is -2.15. The van der Waals surface area contributed by atoms with E-state index in [2.05, 4.69) is 10.6 Å². The van der Waals surface area contributed by atoms with Crippen LogP contribution in [0.5, 0.6) is 5.75 Å². The maximum Gasteiger partial charge on any atom is 0.171 e. The summed E-state index contributed by atoms with van der Waals surface area (Å²) in [5.74, 6) is -0.0549. The molecule has 0 aliphatic heterocycles. The summed E-state index contributed by atoms with van der Waals surface area (Å²) in [5.41, 5.74) is 8.16. The van der Waals surface area contributed by atoms with Crippen LogP contribution in [0.1, 0.15) is 11.1 Å². The van der Waals surface area contributed by atoms with E-state index in [0.717, 1.165) is 5.56 Å². The Bertz CT molecular complexity index is 662. The molecule has 0 amide bonds. The van der Waals surface area contributed by atoms with Crippen molar-refractivity contribution in [2.75, 3.05) is 11.1 Å². The average Bonchev–Trinajstić information content (AvgIpc) is 2.49. The average molecular weight is 322 g/mol. The fraction of sp³-hybridized carbons (Fsp3) is 0.133. The Balaban J connectivity index is 2.03. The van der Waals surface area contributed by atoms with Crippen LogP contribution in [-0.2, 0) is 6.54 Å². The maximum absolute atomic E-state index is 10.0. The number of rotatable bonds is 3. The van der Waals surface area contributed by atoms with Gasteiger partial charge in [0.05, 0.1) is 11.4 Å². The molecular weight excluding hydrogens is 306 g/mol. The summed E-state index contributed by atoms with van der Waals surface area (Å²) < 4.78 is 0. The van der Waals surface area contributed by atoms with Gasteiger partial charge < -0.3 is 21.5 Å². The summed E-state index contributed by atoms with van der Waals surface area (Å²) in [7, 11) is 0. The molecular formula is C15H16ClN3OS. The Hall–Kier alpha value is -1.98. The van der Waals surface area contributed by atoms with E-state index >= 15 is 0 Å². The zero-order chi connectivity index (χ0) is 15.4. The van der Waals surface area contributed by atoms with E-state index in [1.54, 1.807) is 13.0 Å². The van der Waals surface area contributed by atoms with E-state index in [4.69, 9.17) is 29.6 Å². The minimum Gasteiger partial charge on any atom is -0.504 e. The Morgan fingerprint density at radius 3 is 2.67 bits per heavy atom. The van der Waals surface area contributed by atoms with Gasteiger partial charge in [-0.2, -0.15) is 0 Å². The van der Waals surface area contributed by atoms with Gasteiger partial charge in [0.15, 0.2) is 10.9 Å². The molecule has 2 aromatic rings. The molecule has 0 unspecified atom stereocenters. The lowest BCUT2D eigenvalue weighted by Crippen LogP contribution is -2.28. The topological polar surface area (TPSA) is 70.3 Å². The summed E-state index contributed by atoms with van der Waals surface area (Å²) in [6, 6.07) is 11.5. The van der Waals surface area contributed by atoms with E-state index in [1.807, 2.05) is 30.3 Å². The predicted octanol–water partition coefficient (Wildman–Crippen LogP) is 3.42. The zero-order valence-electron chi connectivity index (χ0n) is 11.5. The number of phenols is 1. The van der Waals surface area contributed by atoms with E-state index in [0.29, 0.717) is 27.9 Å². The van der Waals surface area contributed by atoms with E-state index in [9.17, 15) is 5.11 Å². The Morgan fingerprint density at radius 1 is 1.33 bits per heavy atom. The van der Waals surface area contributed by atoms with E-state index in [1.165, 1.54) is 0 Å². The first-order valence-corrected chi connectivity index (χ1v) is 7.14. The number of anilines is 2. The molecule has 0 saturated heterocycles. The normalized spacial score (nSPS) is 10.2. The third-order valence-corrected chi connectivity index (χ3v) is 3.73. The van der Waals surface area contributed by atoms with Crippen molar-refractivity contribution in [3.63, 3.8) is 0 Å². The van der Waals surface area contributed by atoms with Crippen LogP contribution >= 0.6 is 23.8 Å². The van der Waals surface area contributed by atoms with Crippen LogP contribution in [0, 0.1) is 6.92 Å². The third kappa shape index (κ3) is 3.77. The number of nitrogens with one attached hydrogen (secondary N) is 2. The molecule has 0 fully saturated rings. The standard InChI is InChI=1S/C15H16ClN3OS/c1-9-11(16)7-12(14(20)13(9)17)19-15(21)18-8-10-5-3-2-4-6-10/h2-7,20H,8,17H2,1H3,(H2,18,19,21). The van der Waals surface area contributed by atoms with Gasteiger partial charge in [0.2, 0.25) is 0 Å². The van der Waals surface area contributed by atoms with Crippen LogP contribution in [0.15, 0.2) is 36.4 Å². The number of hydrogen-bond donors (Lipinski definition) is 4. The molecule has 0 aliphatic carbocycles. The molecule has 5 N–H and O–H groups in total. The van der Waals surface area contributed by atoms with Crippen molar-refractivity contribution in [3.05, 3.63) is 52.5 Å². The van der Waals surface area contributed by atoms with Crippen LogP contribution < -0.4 is 16.4 Å². The fourth-order valence-electron chi connectivity index (χ4n) is 1.79. The number of hydrogen-bond acceptors (Lipinski definition) is 3. The molecule has 2 aromatic carbocycles. The Labute approximate surface area is 133 Å². The zero-order valence-corrected chi connectivity index (χ0v) is 13.1. The van der Waals surface area contributed by atoms with Gasteiger partial charge in [-0.15, -0.1) is 0 Å². The SMILES string of the molecule is Cc1c(Cl)cc(NC(=S)NCc2ccccc2)c(O)c1N. The third-order valence-electron chi connectivity index (χ3n) is 3.09. The number of nitrogens with two attached hydrogens (primary N) is 1. The second-order valence-corrected chi connectivity index (χ2v) is 5.40. The van der Waals surface area contributed by atoms with E-state index in [-0.39, 0.29) is 11.4 Å². The van der Waals surface area contributed by atoms with Crippen LogP contribution in [0.25, 0.3) is 0 Å². The van der Waals surface area contributed by atoms with Gasteiger partial charge in [-0.05, 0) is 36.3 Å². The van der Waals surface area contributed by atoms with Gasteiger partial charge in [0.1, 0.15) is 0 Å². The fourth-order valence-corrected chi connectivity index (χ4v) is 2.19. The van der Waals surface area contributed by atoms with Crippen molar-refractivity contribution >= 4 is 40.3 Å². The van der Waals surface area contributed by atoms with E-state index < -0.39 is 0 Å². The highest BCUT2D eigenvalue weighted by Gasteiger charge is 2.12. The summed E-state index contributed by atoms with van der Waals surface area (Å²) >= 11 is 11.2. The smallest absolute Gasteiger partial charge is 0.171 e. The number of halogens is 1. The highest BCUT2D eigenvalue weighted by atomic mass is 35.5. The van der Waals surface area contributed by atoms with Gasteiger partial charge in [-0.1, -0.05) is 41.9 Å². The first-order chi connectivity index (χ1) is 9.99. The summed E-state index contributed by atoms with van der Waals surface area (Å²) in [6.07, 6.45) is 0. The second-order valence-electron chi connectivity index (χ2n) is 4.59. The molecule has 0 aromatic heterocycles. The molecule has 110 valence electrons. The number of benzene rings is 2. The van der Waals surface area contributed by atoms with Crippen molar-refractivity contribution in [2.45, 2.75) is 13.5 Å². The quantitative estimate of drug-likeness (QED) is 0.396. The largest absolute Gasteiger partial charge is 0.504 e. The first kappa shape index (κ1) is 15.4. The van der Waals surface area contributed by atoms with Gasteiger partial charge in [0.25, 0.3) is 0 Å². The predicted molar refractivity (Wildman–Crippen MR) is 91.8 cm³/mol. The molecule has 0 atom stereocenters. The van der Waals surface area contributed by atoms with Gasteiger partial charge in [-0.25, -0.2) is 0 Å².